The van der Waals surface area contributed by atoms with Gasteiger partial charge in [-0.25, -0.2) is 9.59 Å². The number of piperidine rings is 2. The Morgan fingerprint density at radius 2 is 0.957 bits per heavy atom. The molecule has 4 aliphatic heterocycles. The molecule has 2 aromatic carbocycles. The zero-order valence-electron chi connectivity index (χ0n) is 29.3. The van der Waals surface area contributed by atoms with Gasteiger partial charge in [-0.15, -0.1) is 0 Å². The van der Waals surface area contributed by atoms with Gasteiger partial charge in [-0.3, -0.25) is 9.80 Å². The molecule has 252 valence electrons. The normalized spacial score (nSPS) is 26.2. The molecule has 0 spiro atoms. The second-order valence-corrected chi connectivity index (χ2v) is 15.7. The van der Waals surface area contributed by atoms with Crippen molar-refractivity contribution < 1.29 is 19.1 Å². The number of hydrogen-bond acceptors (Lipinski definition) is 6. The average Bonchev–Trinajstić information content (AvgIpc) is 2.97. The highest BCUT2D eigenvalue weighted by Gasteiger charge is 2.47. The van der Waals surface area contributed by atoms with Crippen LogP contribution in [0, 0.1) is 11.8 Å². The second-order valence-electron chi connectivity index (χ2n) is 15.7. The van der Waals surface area contributed by atoms with Gasteiger partial charge in [-0.05, 0) is 91.2 Å². The lowest BCUT2D eigenvalue weighted by atomic mass is 9.80. The number of rotatable bonds is 4. The van der Waals surface area contributed by atoms with Gasteiger partial charge in [0.2, 0.25) is 0 Å². The molecule has 2 aromatic rings. The van der Waals surface area contributed by atoms with Gasteiger partial charge >= 0.3 is 12.2 Å². The quantitative estimate of drug-likeness (QED) is 0.351. The minimum Gasteiger partial charge on any atom is -0.444 e. The van der Waals surface area contributed by atoms with E-state index in [9.17, 15) is 9.59 Å². The van der Waals surface area contributed by atoms with E-state index >= 15 is 0 Å². The first-order valence-corrected chi connectivity index (χ1v) is 17.3. The molecule has 0 bridgehead atoms. The van der Waals surface area contributed by atoms with E-state index in [4.69, 9.17) is 9.47 Å². The van der Waals surface area contributed by atoms with Crippen LogP contribution in [0.15, 0.2) is 60.7 Å². The summed E-state index contributed by atoms with van der Waals surface area (Å²) in [7, 11) is 0. The third kappa shape index (κ3) is 8.24. The monoisotopic (exact) mass is 632 g/mol. The van der Waals surface area contributed by atoms with E-state index in [0.29, 0.717) is 24.2 Å². The molecule has 8 nitrogen and oxygen atoms in total. The zero-order valence-corrected chi connectivity index (χ0v) is 29.3. The van der Waals surface area contributed by atoms with Crippen LogP contribution in [0.3, 0.4) is 0 Å². The summed E-state index contributed by atoms with van der Waals surface area (Å²) in [6.45, 7) is 21.6. The van der Waals surface area contributed by atoms with Crippen molar-refractivity contribution in [2.75, 3.05) is 39.3 Å². The number of benzene rings is 2. The van der Waals surface area contributed by atoms with E-state index in [2.05, 4.69) is 84.3 Å². The van der Waals surface area contributed by atoms with Crippen LogP contribution >= 0.6 is 0 Å². The van der Waals surface area contributed by atoms with Crippen LogP contribution in [0.25, 0.3) is 0 Å². The lowest BCUT2D eigenvalue weighted by molar-refractivity contribution is -0.0707. The summed E-state index contributed by atoms with van der Waals surface area (Å²) in [5, 5.41) is 0. The molecule has 4 aliphatic rings. The van der Waals surface area contributed by atoms with E-state index in [-0.39, 0.29) is 12.2 Å². The molecule has 4 fully saturated rings. The van der Waals surface area contributed by atoms with E-state index in [1.807, 2.05) is 51.3 Å². The van der Waals surface area contributed by atoms with Gasteiger partial charge in [0, 0.05) is 63.4 Å². The summed E-state index contributed by atoms with van der Waals surface area (Å²) in [5.41, 5.74) is 1.84. The van der Waals surface area contributed by atoms with Gasteiger partial charge < -0.3 is 19.3 Å². The molecule has 4 heterocycles. The Balaban J connectivity index is 0.000000181. The predicted octanol–water partition coefficient (Wildman–Crippen LogP) is 7.38. The van der Waals surface area contributed by atoms with Crippen molar-refractivity contribution in [2.45, 2.75) is 104 Å². The van der Waals surface area contributed by atoms with Crippen LogP contribution in [0.1, 0.15) is 91.4 Å². The van der Waals surface area contributed by atoms with Crippen molar-refractivity contribution in [2.24, 2.45) is 11.8 Å². The smallest absolute Gasteiger partial charge is 0.410 e. The minimum absolute atomic E-state index is 0.171. The van der Waals surface area contributed by atoms with Crippen molar-refractivity contribution in [1.82, 2.24) is 19.6 Å². The highest BCUT2D eigenvalue weighted by Crippen LogP contribution is 2.40. The van der Waals surface area contributed by atoms with Crippen LogP contribution < -0.4 is 0 Å². The lowest BCUT2D eigenvalue weighted by Gasteiger charge is -2.55. The van der Waals surface area contributed by atoms with Crippen molar-refractivity contribution in [3.63, 3.8) is 0 Å². The number of nitrogens with zero attached hydrogens (tertiary/aromatic N) is 4. The zero-order chi connectivity index (χ0) is 33.2. The largest absolute Gasteiger partial charge is 0.444 e. The van der Waals surface area contributed by atoms with E-state index in [0.717, 1.165) is 63.9 Å². The van der Waals surface area contributed by atoms with Crippen LogP contribution in [0.4, 0.5) is 9.59 Å². The Morgan fingerprint density at radius 1 is 0.609 bits per heavy atom. The van der Waals surface area contributed by atoms with Crippen LogP contribution in [0.2, 0.25) is 0 Å². The van der Waals surface area contributed by atoms with E-state index in [1.54, 1.807) is 0 Å². The van der Waals surface area contributed by atoms with Gasteiger partial charge in [0.25, 0.3) is 0 Å². The topological polar surface area (TPSA) is 65.6 Å². The molecule has 0 aromatic heterocycles. The molecular weight excluding hydrogens is 576 g/mol. The summed E-state index contributed by atoms with van der Waals surface area (Å²) in [4.78, 5) is 33.5. The summed E-state index contributed by atoms with van der Waals surface area (Å²) in [6.07, 6.45) is 1.83. The molecule has 6 atom stereocenters. The first-order valence-electron chi connectivity index (χ1n) is 17.3. The maximum absolute atomic E-state index is 12.3. The third-order valence-corrected chi connectivity index (χ3v) is 10.0. The molecular formula is C38H56N4O4. The first-order chi connectivity index (χ1) is 21.7. The molecule has 2 amide bonds. The highest BCUT2D eigenvalue weighted by atomic mass is 16.6. The molecule has 0 saturated carbocycles. The Bertz CT molecular complexity index is 1210. The van der Waals surface area contributed by atoms with Gasteiger partial charge in [0.05, 0.1) is 0 Å². The van der Waals surface area contributed by atoms with Crippen LogP contribution in [0.5, 0.6) is 0 Å². The molecule has 0 aliphatic carbocycles. The molecule has 8 heteroatoms. The first kappa shape index (κ1) is 34.2. The van der Waals surface area contributed by atoms with Crippen LogP contribution in [-0.4, -0.2) is 94.3 Å². The molecule has 4 saturated heterocycles. The van der Waals surface area contributed by atoms with Gasteiger partial charge in [0.15, 0.2) is 0 Å². The fourth-order valence-corrected chi connectivity index (χ4v) is 7.40. The average molecular weight is 633 g/mol. The summed E-state index contributed by atoms with van der Waals surface area (Å²) < 4.78 is 11.1. The fourth-order valence-electron chi connectivity index (χ4n) is 7.40. The fraction of sp³-hybridized carbons (Fsp3) is 0.632. The van der Waals surface area contributed by atoms with Gasteiger partial charge in [-0.1, -0.05) is 60.7 Å². The molecule has 46 heavy (non-hydrogen) atoms. The van der Waals surface area contributed by atoms with Gasteiger partial charge in [0.1, 0.15) is 11.2 Å². The van der Waals surface area contributed by atoms with E-state index in [1.165, 1.54) is 11.1 Å². The Hall–Kier alpha value is -3.10. The molecule has 6 rings (SSSR count). The number of ether oxygens (including phenoxy) is 2. The summed E-state index contributed by atoms with van der Waals surface area (Å²) >= 11 is 0. The molecule has 0 N–H and O–H groups in total. The van der Waals surface area contributed by atoms with E-state index < -0.39 is 11.2 Å². The maximum Gasteiger partial charge on any atom is 0.410 e. The number of likely N-dealkylation sites (tertiary alicyclic amines) is 4. The van der Waals surface area contributed by atoms with Crippen molar-refractivity contribution in [3.05, 3.63) is 71.8 Å². The highest BCUT2D eigenvalue weighted by molar-refractivity contribution is 5.69. The lowest BCUT2D eigenvalue weighted by Crippen LogP contribution is -2.65. The molecule has 0 radical (unpaired) electrons. The number of amides is 2. The minimum atomic E-state index is -0.426. The SMILES string of the molecule is CC(c1ccccc1)N1C[C@@H]2CCN(C(=O)OC(C)(C)C)C[C@@H]21.CC(c1ccccc1)N1C[C@H]2CCN(C(=O)OC(C)(C)C)C[C@H]21. The summed E-state index contributed by atoms with van der Waals surface area (Å²) in [5.74, 6) is 1.44. The third-order valence-electron chi connectivity index (χ3n) is 10.0. The Kier molecular flexibility index (Phi) is 10.4. The summed E-state index contributed by atoms with van der Waals surface area (Å²) in [6, 6.07) is 23.0. The molecule has 2 unspecified atom stereocenters. The van der Waals surface area contributed by atoms with Gasteiger partial charge in [-0.2, -0.15) is 0 Å². The number of hydrogen-bond donors (Lipinski definition) is 0. The van der Waals surface area contributed by atoms with Crippen molar-refractivity contribution in [3.8, 4) is 0 Å². The number of carbonyl (C=O) groups excluding carboxylic acids is 2. The maximum atomic E-state index is 12.3. The predicted molar refractivity (Wildman–Crippen MR) is 183 cm³/mol. The number of fused-ring (bicyclic) bond motifs is 2. The van der Waals surface area contributed by atoms with Crippen molar-refractivity contribution in [1.29, 1.82) is 0 Å². The second kappa shape index (κ2) is 13.9. The Morgan fingerprint density at radius 3 is 1.28 bits per heavy atom. The number of carbonyl (C=O) groups is 2. The van der Waals surface area contributed by atoms with Crippen molar-refractivity contribution >= 4 is 12.2 Å². The Labute approximate surface area is 277 Å². The van der Waals surface area contributed by atoms with Crippen LogP contribution in [-0.2, 0) is 9.47 Å². The standard InChI is InChI=1S/2C19H28N2O2/c2*1-14(15-8-6-5-7-9-15)21-12-16-10-11-20(13-17(16)21)18(22)23-19(2,3)4/h2*5-9,14,16-17H,10-13H2,1-4H3/t2*14?,16-,17-/m10/s1.